The van der Waals surface area contributed by atoms with Crippen molar-refractivity contribution in [1.82, 2.24) is 0 Å². The molecule has 1 aromatic carbocycles. The SMILES string of the molecule is COc1cccc(Br)c1OCC(C)(C)CS. The number of rotatable bonds is 5. The number of methoxy groups -OCH3 is 1. The van der Waals surface area contributed by atoms with Gasteiger partial charge in [-0.2, -0.15) is 12.6 Å². The van der Waals surface area contributed by atoms with Crippen LogP contribution in [0.3, 0.4) is 0 Å². The van der Waals surface area contributed by atoms with Crippen LogP contribution in [0.25, 0.3) is 0 Å². The van der Waals surface area contributed by atoms with Crippen molar-refractivity contribution >= 4 is 28.6 Å². The summed E-state index contributed by atoms with van der Waals surface area (Å²) in [7, 11) is 1.64. The predicted octanol–water partition coefficient (Wildman–Crippen LogP) is 3.79. The summed E-state index contributed by atoms with van der Waals surface area (Å²) in [6.45, 7) is 4.84. The molecule has 0 bridgehead atoms. The van der Waals surface area contributed by atoms with E-state index < -0.39 is 0 Å². The molecular weight excluding hydrogens is 288 g/mol. The second-order valence-corrected chi connectivity index (χ2v) is 5.55. The van der Waals surface area contributed by atoms with Crippen molar-refractivity contribution in [3.63, 3.8) is 0 Å². The van der Waals surface area contributed by atoms with Gasteiger partial charge in [-0.3, -0.25) is 0 Å². The Morgan fingerprint density at radius 1 is 1.38 bits per heavy atom. The molecule has 0 radical (unpaired) electrons. The van der Waals surface area contributed by atoms with Crippen molar-refractivity contribution in [2.75, 3.05) is 19.5 Å². The van der Waals surface area contributed by atoms with Gasteiger partial charge < -0.3 is 9.47 Å². The Balaban J connectivity index is 2.80. The number of hydrogen-bond donors (Lipinski definition) is 1. The molecule has 0 unspecified atom stereocenters. The van der Waals surface area contributed by atoms with E-state index >= 15 is 0 Å². The third-order valence-corrected chi connectivity index (χ3v) is 3.67. The molecule has 1 rings (SSSR count). The van der Waals surface area contributed by atoms with Gasteiger partial charge in [0.2, 0.25) is 0 Å². The molecule has 0 saturated carbocycles. The molecule has 0 N–H and O–H groups in total. The normalized spacial score (nSPS) is 11.3. The first-order valence-electron chi connectivity index (χ1n) is 5.06. The van der Waals surface area contributed by atoms with Crippen molar-refractivity contribution in [3.05, 3.63) is 22.7 Å². The van der Waals surface area contributed by atoms with Gasteiger partial charge in [0.05, 0.1) is 18.2 Å². The highest BCUT2D eigenvalue weighted by molar-refractivity contribution is 9.10. The largest absolute Gasteiger partial charge is 0.493 e. The summed E-state index contributed by atoms with van der Waals surface area (Å²) >= 11 is 7.75. The summed E-state index contributed by atoms with van der Waals surface area (Å²) in [5.74, 6) is 2.27. The van der Waals surface area contributed by atoms with E-state index in [1.54, 1.807) is 7.11 Å². The van der Waals surface area contributed by atoms with Gasteiger partial charge >= 0.3 is 0 Å². The van der Waals surface area contributed by atoms with Gasteiger partial charge in [-0.15, -0.1) is 0 Å². The zero-order valence-electron chi connectivity index (χ0n) is 9.79. The van der Waals surface area contributed by atoms with Crippen molar-refractivity contribution in [1.29, 1.82) is 0 Å². The summed E-state index contributed by atoms with van der Waals surface area (Å²) in [5.41, 5.74) is 0.0450. The number of halogens is 1. The van der Waals surface area contributed by atoms with Crippen molar-refractivity contribution in [2.24, 2.45) is 5.41 Å². The van der Waals surface area contributed by atoms with Gasteiger partial charge in [0, 0.05) is 5.41 Å². The molecule has 90 valence electrons. The van der Waals surface area contributed by atoms with Crippen LogP contribution in [0.5, 0.6) is 11.5 Å². The lowest BCUT2D eigenvalue weighted by atomic mass is 9.98. The lowest BCUT2D eigenvalue weighted by Gasteiger charge is -2.23. The average Bonchev–Trinajstić information content (AvgIpc) is 2.27. The monoisotopic (exact) mass is 304 g/mol. The number of para-hydroxylation sites is 1. The summed E-state index contributed by atoms with van der Waals surface area (Å²) in [6.07, 6.45) is 0. The van der Waals surface area contributed by atoms with E-state index in [2.05, 4.69) is 42.4 Å². The van der Waals surface area contributed by atoms with Gasteiger partial charge in [-0.25, -0.2) is 0 Å². The zero-order valence-corrected chi connectivity index (χ0v) is 12.3. The topological polar surface area (TPSA) is 18.5 Å². The van der Waals surface area contributed by atoms with Crippen LogP contribution in [0.1, 0.15) is 13.8 Å². The van der Waals surface area contributed by atoms with E-state index in [1.807, 2.05) is 18.2 Å². The fourth-order valence-corrected chi connectivity index (χ4v) is 1.66. The Kier molecular flexibility index (Phi) is 4.99. The first kappa shape index (κ1) is 13.7. The minimum Gasteiger partial charge on any atom is -0.493 e. The zero-order chi connectivity index (χ0) is 12.2. The van der Waals surface area contributed by atoms with Gasteiger partial charge in [-0.1, -0.05) is 19.9 Å². The molecule has 0 heterocycles. The molecule has 0 aliphatic carbocycles. The molecule has 2 nitrogen and oxygen atoms in total. The van der Waals surface area contributed by atoms with E-state index in [-0.39, 0.29) is 5.41 Å². The third kappa shape index (κ3) is 3.59. The maximum Gasteiger partial charge on any atom is 0.175 e. The molecule has 0 spiro atoms. The molecule has 0 amide bonds. The Labute approximate surface area is 111 Å². The highest BCUT2D eigenvalue weighted by atomic mass is 79.9. The number of thiol groups is 1. The highest BCUT2D eigenvalue weighted by Gasteiger charge is 2.18. The van der Waals surface area contributed by atoms with Gasteiger partial charge in [0.15, 0.2) is 11.5 Å². The number of hydrogen-bond acceptors (Lipinski definition) is 3. The molecule has 4 heteroatoms. The second-order valence-electron chi connectivity index (χ2n) is 4.38. The van der Waals surface area contributed by atoms with Gasteiger partial charge in [0.1, 0.15) is 0 Å². The summed E-state index contributed by atoms with van der Waals surface area (Å²) in [5, 5.41) is 0. The molecule has 16 heavy (non-hydrogen) atoms. The fraction of sp³-hybridized carbons (Fsp3) is 0.500. The van der Waals surface area contributed by atoms with E-state index in [4.69, 9.17) is 9.47 Å². The molecule has 0 atom stereocenters. The van der Waals surface area contributed by atoms with Crippen LogP contribution in [0, 0.1) is 5.41 Å². The van der Waals surface area contributed by atoms with Crippen LogP contribution in [0.2, 0.25) is 0 Å². The lowest BCUT2D eigenvalue weighted by Crippen LogP contribution is -2.23. The van der Waals surface area contributed by atoms with Crippen LogP contribution in [0.4, 0.5) is 0 Å². The Morgan fingerprint density at radius 2 is 2.06 bits per heavy atom. The van der Waals surface area contributed by atoms with Crippen LogP contribution in [-0.4, -0.2) is 19.5 Å². The number of benzene rings is 1. The molecule has 0 aliphatic heterocycles. The maximum absolute atomic E-state index is 5.79. The van der Waals surface area contributed by atoms with Crippen molar-refractivity contribution in [3.8, 4) is 11.5 Å². The van der Waals surface area contributed by atoms with Crippen LogP contribution < -0.4 is 9.47 Å². The van der Waals surface area contributed by atoms with Gasteiger partial charge in [0.25, 0.3) is 0 Å². The van der Waals surface area contributed by atoms with Crippen molar-refractivity contribution < 1.29 is 9.47 Å². The van der Waals surface area contributed by atoms with E-state index in [0.717, 1.165) is 21.7 Å². The van der Waals surface area contributed by atoms with Crippen molar-refractivity contribution in [2.45, 2.75) is 13.8 Å². The minimum absolute atomic E-state index is 0.0450. The first-order valence-corrected chi connectivity index (χ1v) is 6.49. The standard InChI is InChI=1S/C12H17BrO2S/c1-12(2,8-16)7-15-11-9(13)5-4-6-10(11)14-3/h4-6,16H,7-8H2,1-3H3. The summed E-state index contributed by atoms with van der Waals surface area (Å²) in [6, 6.07) is 5.73. The number of ether oxygens (including phenoxy) is 2. The minimum atomic E-state index is 0.0450. The Morgan fingerprint density at radius 3 is 2.62 bits per heavy atom. The third-order valence-electron chi connectivity index (χ3n) is 2.19. The van der Waals surface area contributed by atoms with Crippen LogP contribution >= 0.6 is 28.6 Å². The van der Waals surface area contributed by atoms with Crippen LogP contribution in [-0.2, 0) is 0 Å². The summed E-state index contributed by atoms with van der Waals surface area (Å²) < 4.78 is 11.9. The maximum atomic E-state index is 5.79. The van der Waals surface area contributed by atoms with E-state index in [0.29, 0.717) is 6.61 Å². The molecule has 0 fully saturated rings. The quantitative estimate of drug-likeness (QED) is 0.834. The molecule has 1 aromatic rings. The van der Waals surface area contributed by atoms with E-state index in [1.165, 1.54) is 0 Å². The fourth-order valence-electron chi connectivity index (χ4n) is 1.10. The average molecular weight is 305 g/mol. The Bertz CT molecular complexity index is 353. The summed E-state index contributed by atoms with van der Waals surface area (Å²) in [4.78, 5) is 0. The molecule has 0 saturated heterocycles. The van der Waals surface area contributed by atoms with E-state index in [9.17, 15) is 0 Å². The van der Waals surface area contributed by atoms with Gasteiger partial charge in [-0.05, 0) is 33.8 Å². The smallest absolute Gasteiger partial charge is 0.175 e. The molecule has 0 aromatic heterocycles. The molecular formula is C12H17BrO2S. The predicted molar refractivity (Wildman–Crippen MR) is 73.8 cm³/mol. The second kappa shape index (κ2) is 5.82. The first-order chi connectivity index (χ1) is 7.50. The molecule has 0 aliphatic rings. The lowest BCUT2D eigenvalue weighted by molar-refractivity contribution is 0.194. The van der Waals surface area contributed by atoms with Crippen LogP contribution in [0.15, 0.2) is 22.7 Å². The highest BCUT2D eigenvalue weighted by Crippen LogP contribution is 2.35. The Hall–Kier alpha value is -0.350.